The molecule has 4 heteroatoms. The first-order valence-electron chi connectivity index (χ1n) is 6.06. The molecule has 3 N–H and O–H groups in total. The highest BCUT2D eigenvalue weighted by Gasteiger charge is 2.33. The summed E-state index contributed by atoms with van der Waals surface area (Å²) in [6.45, 7) is 3.05. The molecule has 0 saturated carbocycles. The first-order valence-corrected chi connectivity index (χ1v) is 6.43. The Morgan fingerprint density at radius 2 is 1.88 bits per heavy atom. The van der Waals surface area contributed by atoms with Crippen LogP contribution in [-0.2, 0) is 10.3 Å². The van der Waals surface area contributed by atoms with E-state index in [9.17, 15) is 0 Å². The fraction of sp³-hybridized carbons (Fsp3) is 0.538. The van der Waals surface area contributed by atoms with Crippen molar-refractivity contribution in [2.24, 2.45) is 5.73 Å². The molecule has 17 heavy (non-hydrogen) atoms. The summed E-state index contributed by atoms with van der Waals surface area (Å²) in [5.74, 6) is 0. The van der Waals surface area contributed by atoms with Crippen molar-refractivity contribution in [3.05, 3.63) is 34.9 Å². The maximum Gasteiger partial charge on any atom is 0.0486 e. The molecule has 1 aliphatic heterocycles. The highest BCUT2D eigenvalue weighted by molar-refractivity contribution is 6.30. The van der Waals surface area contributed by atoms with Gasteiger partial charge in [0.25, 0.3) is 0 Å². The van der Waals surface area contributed by atoms with Crippen molar-refractivity contribution < 1.29 is 4.74 Å². The van der Waals surface area contributed by atoms with Gasteiger partial charge in [0.2, 0.25) is 0 Å². The molecular weight excluding hydrogens is 236 g/mol. The van der Waals surface area contributed by atoms with Crippen molar-refractivity contribution in [3.63, 3.8) is 0 Å². The number of benzene rings is 1. The number of nitrogens with one attached hydrogen (secondary N) is 1. The number of hydrogen-bond donors (Lipinski definition) is 2. The van der Waals surface area contributed by atoms with Gasteiger partial charge in [-0.05, 0) is 30.5 Å². The van der Waals surface area contributed by atoms with E-state index in [-0.39, 0.29) is 5.54 Å². The summed E-state index contributed by atoms with van der Waals surface area (Å²) in [6, 6.07) is 8.07. The molecule has 1 aromatic rings. The smallest absolute Gasteiger partial charge is 0.0486 e. The second-order valence-electron chi connectivity index (χ2n) is 4.42. The molecule has 0 spiro atoms. The van der Waals surface area contributed by atoms with Crippen LogP contribution >= 0.6 is 11.6 Å². The van der Waals surface area contributed by atoms with Crippen LogP contribution in [0.1, 0.15) is 18.4 Å². The summed E-state index contributed by atoms with van der Waals surface area (Å²) in [7, 11) is 0. The SMILES string of the molecule is NCCNC1(c2ccc(Cl)cc2)CCOCC1. The van der Waals surface area contributed by atoms with E-state index in [2.05, 4.69) is 17.4 Å². The van der Waals surface area contributed by atoms with Crippen molar-refractivity contribution in [2.45, 2.75) is 18.4 Å². The summed E-state index contributed by atoms with van der Waals surface area (Å²) in [4.78, 5) is 0. The monoisotopic (exact) mass is 254 g/mol. The molecule has 3 nitrogen and oxygen atoms in total. The standard InChI is InChI=1S/C13H19ClN2O/c14-12-3-1-11(2-4-12)13(16-8-7-15)5-9-17-10-6-13/h1-4,16H,5-10,15H2. The van der Waals surface area contributed by atoms with E-state index in [0.29, 0.717) is 6.54 Å². The van der Waals surface area contributed by atoms with Crippen LogP contribution in [0.2, 0.25) is 5.02 Å². The molecule has 2 rings (SSSR count). The average molecular weight is 255 g/mol. The van der Waals surface area contributed by atoms with E-state index in [1.54, 1.807) is 0 Å². The first-order chi connectivity index (χ1) is 8.27. The molecule has 0 aliphatic carbocycles. The summed E-state index contributed by atoms with van der Waals surface area (Å²) < 4.78 is 5.45. The third-order valence-corrected chi connectivity index (χ3v) is 3.60. The molecule has 0 bridgehead atoms. The van der Waals surface area contributed by atoms with Crippen LogP contribution in [0.4, 0.5) is 0 Å². The second-order valence-corrected chi connectivity index (χ2v) is 4.85. The Morgan fingerprint density at radius 1 is 1.24 bits per heavy atom. The predicted octanol–water partition coefficient (Wildman–Crippen LogP) is 1.89. The third kappa shape index (κ3) is 2.99. The number of halogens is 1. The van der Waals surface area contributed by atoms with Crippen molar-refractivity contribution in [3.8, 4) is 0 Å². The lowest BCUT2D eigenvalue weighted by molar-refractivity contribution is 0.0371. The van der Waals surface area contributed by atoms with Crippen LogP contribution in [0.5, 0.6) is 0 Å². The van der Waals surface area contributed by atoms with Gasteiger partial charge in [-0.3, -0.25) is 0 Å². The van der Waals surface area contributed by atoms with E-state index in [1.165, 1.54) is 5.56 Å². The molecule has 1 fully saturated rings. The molecular formula is C13H19ClN2O. The number of rotatable bonds is 4. The largest absolute Gasteiger partial charge is 0.381 e. The normalized spacial score (nSPS) is 19.2. The highest BCUT2D eigenvalue weighted by Crippen LogP contribution is 2.32. The lowest BCUT2D eigenvalue weighted by atomic mass is 9.82. The fourth-order valence-electron chi connectivity index (χ4n) is 2.37. The maximum atomic E-state index is 5.94. The molecule has 0 unspecified atom stereocenters. The van der Waals surface area contributed by atoms with Gasteiger partial charge in [-0.15, -0.1) is 0 Å². The van der Waals surface area contributed by atoms with Gasteiger partial charge in [-0.25, -0.2) is 0 Å². The Balaban J connectivity index is 2.21. The van der Waals surface area contributed by atoms with Gasteiger partial charge in [0, 0.05) is 36.9 Å². The van der Waals surface area contributed by atoms with E-state index < -0.39 is 0 Å². The molecule has 0 radical (unpaired) electrons. The minimum absolute atomic E-state index is 0.00219. The van der Waals surface area contributed by atoms with Crippen molar-refractivity contribution in [1.82, 2.24) is 5.32 Å². The molecule has 0 atom stereocenters. The van der Waals surface area contributed by atoms with E-state index in [4.69, 9.17) is 22.1 Å². The summed E-state index contributed by atoms with van der Waals surface area (Å²) >= 11 is 5.94. The Morgan fingerprint density at radius 3 is 2.47 bits per heavy atom. The molecule has 94 valence electrons. The van der Waals surface area contributed by atoms with Crippen LogP contribution < -0.4 is 11.1 Å². The summed E-state index contributed by atoms with van der Waals surface area (Å²) in [6.07, 6.45) is 1.96. The Hall–Kier alpha value is -0.610. The topological polar surface area (TPSA) is 47.3 Å². The van der Waals surface area contributed by atoms with Gasteiger partial charge in [0.15, 0.2) is 0 Å². The molecule has 1 heterocycles. The van der Waals surface area contributed by atoms with E-state index in [0.717, 1.165) is 37.6 Å². The Kier molecular flexibility index (Phi) is 4.40. The predicted molar refractivity (Wildman–Crippen MR) is 70.2 cm³/mol. The molecule has 1 aliphatic rings. The molecule has 1 aromatic carbocycles. The number of nitrogens with two attached hydrogens (primary N) is 1. The van der Waals surface area contributed by atoms with Crippen LogP contribution in [0, 0.1) is 0 Å². The minimum atomic E-state index is 0.00219. The molecule has 0 amide bonds. The lowest BCUT2D eigenvalue weighted by Crippen LogP contribution is -2.48. The van der Waals surface area contributed by atoms with Crippen molar-refractivity contribution in [2.75, 3.05) is 26.3 Å². The number of ether oxygens (including phenoxy) is 1. The van der Waals surface area contributed by atoms with Crippen LogP contribution in [-0.4, -0.2) is 26.3 Å². The van der Waals surface area contributed by atoms with Crippen LogP contribution in [0.15, 0.2) is 24.3 Å². The molecule has 1 saturated heterocycles. The van der Waals surface area contributed by atoms with Gasteiger partial charge in [-0.1, -0.05) is 23.7 Å². The highest BCUT2D eigenvalue weighted by atomic mass is 35.5. The quantitative estimate of drug-likeness (QED) is 0.863. The minimum Gasteiger partial charge on any atom is -0.381 e. The van der Waals surface area contributed by atoms with E-state index >= 15 is 0 Å². The summed E-state index contributed by atoms with van der Waals surface area (Å²) in [5, 5.41) is 4.35. The average Bonchev–Trinajstić information content (AvgIpc) is 2.38. The fourth-order valence-corrected chi connectivity index (χ4v) is 2.49. The van der Waals surface area contributed by atoms with E-state index in [1.807, 2.05) is 12.1 Å². The van der Waals surface area contributed by atoms with Crippen molar-refractivity contribution in [1.29, 1.82) is 0 Å². The first kappa shape index (κ1) is 12.8. The second kappa shape index (κ2) is 5.83. The van der Waals surface area contributed by atoms with Gasteiger partial charge in [0.1, 0.15) is 0 Å². The molecule has 0 aromatic heterocycles. The number of hydrogen-bond acceptors (Lipinski definition) is 3. The van der Waals surface area contributed by atoms with Crippen LogP contribution in [0.25, 0.3) is 0 Å². The zero-order valence-electron chi connectivity index (χ0n) is 9.92. The van der Waals surface area contributed by atoms with Gasteiger partial charge in [0.05, 0.1) is 0 Å². The lowest BCUT2D eigenvalue weighted by Gasteiger charge is -2.38. The summed E-state index contributed by atoms with van der Waals surface area (Å²) in [5.41, 5.74) is 6.87. The zero-order valence-corrected chi connectivity index (χ0v) is 10.7. The zero-order chi connectivity index (χ0) is 12.1. The Labute approximate surface area is 107 Å². The van der Waals surface area contributed by atoms with Gasteiger partial charge in [-0.2, -0.15) is 0 Å². The van der Waals surface area contributed by atoms with Gasteiger partial charge < -0.3 is 15.8 Å². The van der Waals surface area contributed by atoms with Crippen molar-refractivity contribution >= 4 is 11.6 Å². The van der Waals surface area contributed by atoms with Crippen LogP contribution in [0.3, 0.4) is 0 Å². The Bertz CT molecular complexity index is 347. The third-order valence-electron chi connectivity index (χ3n) is 3.35. The van der Waals surface area contributed by atoms with Gasteiger partial charge >= 0.3 is 0 Å². The maximum absolute atomic E-state index is 5.94.